The van der Waals surface area contributed by atoms with Crippen LogP contribution in [-0.4, -0.2) is 26.4 Å². The molecule has 76 valence electrons. The van der Waals surface area contributed by atoms with E-state index in [0.717, 1.165) is 16.9 Å². The number of hydrogen-bond acceptors (Lipinski definition) is 5. The molecule has 0 atom stereocenters. The molecule has 0 saturated carbocycles. The zero-order valence-corrected chi connectivity index (χ0v) is 8.28. The lowest BCUT2D eigenvalue weighted by molar-refractivity contribution is -0.116. The molecule has 1 aromatic rings. The summed E-state index contributed by atoms with van der Waals surface area (Å²) in [6, 6.07) is 1.05. The van der Waals surface area contributed by atoms with E-state index in [0.29, 0.717) is 0 Å². The fourth-order valence-corrected chi connectivity index (χ4v) is 1.06. The summed E-state index contributed by atoms with van der Waals surface area (Å²) in [5.41, 5.74) is -0.419. The SMILES string of the molecule is O=C(CS)CCn1ncc(O)cc1=O. The molecule has 0 aliphatic carbocycles. The molecule has 0 amide bonds. The highest BCUT2D eigenvalue weighted by molar-refractivity contribution is 7.81. The van der Waals surface area contributed by atoms with Crippen LogP contribution < -0.4 is 5.56 Å². The van der Waals surface area contributed by atoms with E-state index in [2.05, 4.69) is 17.7 Å². The molecule has 0 unspecified atom stereocenters. The van der Waals surface area contributed by atoms with Crippen LogP contribution in [0.25, 0.3) is 0 Å². The molecule has 0 aliphatic heterocycles. The molecule has 5 nitrogen and oxygen atoms in total. The number of hydrogen-bond donors (Lipinski definition) is 2. The Morgan fingerprint density at radius 3 is 2.93 bits per heavy atom. The first kappa shape index (κ1) is 10.8. The van der Waals surface area contributed by atoms with Gasteiger partial charge in [0.05, 0.1) is 12.7 Å². The second kappa shape index (κ2) is 4.80. The number of carbonyl (C=O) groups excluding carboxylic acids is 1. The number of aromatic hydroxyl groups is 1. The molecular formula is C8H10N2O3S. The van der Waals surface area contributed by atoms with E-state index in [-0.39, 0.29) is 30.3 Å². The maximum atomic E-state index is 11.2. The average Bonchev–Trinajstić information content (AvgIpc) is 2.16. The molecule has 1 N–H and O–H groups in total. The van der Waals surface area contributed by atoms with Crippen molar-refractivity contribution in [3.05, 3.63) is 22.6 Å². The molecule has 14 heavy (non-hydrogen) atoms. The number of ketones is 1. The Kier molecular flexibility index (Phi) is 3.70. The van der Waals surface area contributed by atoms with Crippen LogP contribution in [0.2, 0.25) is 0 Å². The van der Waals surface area contributed by atoms with Crippen molar-refractivity contribution in [1.29, 1.82) is 0 Å². The number of aromatic nitrogens is 2. The molecule has 0 saturated heterocycles. The van der Waals surface area contributed by atoms with E-state index < -0.39 is 5.56 Å². The predicted molar refractivity (Wildman–Crippen MR) is 53.6 cm³/mol. The third-order valence-corrected chi connectivity index (χ3v) is 1.99. The Morgan fingerprint density at radius 2 is 2.36 bits per heavy atom. The van der Waals surface area contributed by atoms with Gasteiger partial charge in [-0.25, -0.2) is 4.68 Å². The number of Topliss-reactive ketones (excluding diaryl/α,β-unsaturated/α-hetero) is 1. The largest absolute Gasteiger partial charge is 0.506 e. The van der Waals surface area contributed by atoms with E-state index in [1.165, 1.54) is 0 Å². The standard InChI is InChI=1S/C8H10N2O3S/c11-6(5-14)1-2-10-8(13)3-7(12)4-9-10/h3-4,12,14H,1-2,5H2. The van der Waals surface area contributed by atoms with Crippen molar-refractivity contribution < 1.29 is 9.90 Å². The second-order valence-corrected chi connectivity index (χ2v) is 3.04. The zero-order chi connectivity index (χ0) is 10.6. The van der Waals surface area contributed by atoms with Crippen LogP contribution in [0.4, 0.5) is 0 Å². The normalized spacial score (nSPS) is 10.1. The molecule has 0 aromatic carbocycles. The topological polar surface area (TPSA) is 72.2 Å². The fourth-order valence-electron chi connectivity index (χ4n) is 0.902. The first-order valence-electron chi connectivity index (χ1n) is 4.02. The lowest BCUT2D eigenvalue weighted by atomic mass is 10.3. The molecule has 0 aliphatic rings. The van der Waals surface area contributed by atoms with Gasteiger partial charge in [-0.05, 0) is 0 Å². The molecule has 1 heterocycles. The smallest absolute Gasteiger partial charge is 0.270 e. The molecular weight excluding hydrogens is 204 g/mol. The molecule has 0 fully saturated rings. The highest BCUT2D eigenvalue weighted by Gasteiger charge is 2.02. The van der Waals surface area contributed by atoms with Gasteiger partial charge in [-0.2, -0.15) is 17.7 Å². The van der Waals surface area contributed by atoms with Gasteiger partial charge < -0.3 is 5.11 Å². The predicted octanol–water partition coefficient (Wildman–Crippen LogP) is -0.162. The minimum Gasteiger partial charge on any atom is -0.506 e. The lowest BCUT2D eigenvalue weighted by Gasteiger charge is -2.01. The number of rotatable bonds is 4. The summed E-state index contributed by atoms with van der Waals surface area (Å²) in [4.78, 5) is 22.0. The van der Waals surface area contributed by atoms with Crippen LogP contribution in [0.15, 0.2) is 17.1 Å². The molecule has 1 aromatic heterocycles. The third kappa shape index (κ3) is 2.88. The summed E-state index contributed by atoms with van der Waals surface area (Å²) >= 11 is 3.81. The van der Waals surface area contributed by atoms with Crippen LogP contribution in [-0.2, 0) is 11.3 Å². The minimum atomic E-state index is -0.419. The molecule has 0 spiro atoms. The van der Waals surface area contributed by atoms with Gasteiger partial charge in [0.1, 0.15) is 11.5 Å². The maximum Gasteiger partial charge on any atom is 0.270 e. The summed E-state index contributed by atoms with van der Waals surface area (Å²) in [5, 5.41) is 12.6. The van der Waals surface area contributed by atoms with Gasteiger partial charge in [-0.15, -0.1) is 0 Å². The van der Waals surface area contributed by atoms with Crippen LogP contribution in [0, 0.1) is 0 Å². The van der Waals surface area contributed by atoms with E-state index in [9.17, 15) is 9.59 Å². The van der Waals surface area contributed by atoms with Crippen molar-refractivity contribution >= 4 is 18.4 Å². The van der Waals surface area contributed by atoms with Gasteiger partial charge in [0.25, 0.3) is 5.56 Å². The van der Waals surface area contributed by atoms with Crippen molar-refractivity contribution in [3.8, 4) is 5.75 Å². The highest BCUT2D eigenvalue weighted by atomic mass is 32.1. The summed E-state index contributed by atoms with van der Waals surface area (Å²) in [6.07, 6.45) is 1.38. The third-order valence-electron chi connectivity index (χ3n) is 1.63. The lowest BCUT2D eigenvalue weighted by Crippen LogP contribution is -2.22. The summed E-state index contributed by atoms with van der Waals surface area (Å²) in [5.74, 6) is -0.0609. The number of carbonyl (C=O) groups is 1. The Labute approximate surface area is 85.8 Å². The average molecular weight is 214 g/mol. The summed E-state index contributed by atoms with van der Waals surface area (Å²) < 4.78 is 1.13. The molecule has 0 radical (unpaired) electrons. The first-order chi connectivity index (χ1) is 6.63. The highest BCUT2D eigenvalue weighted by Crippen LogP contribution is 1.98. The van der Waals surface area contributed by atoms with E-state index in [4.69, 9.17) is 5.11 Å². The van der Waals surface area contributed by atoms with E-state index >= 15 is 0 Å². The van der Waals surface area contributed by atoms with Crippen molar-refractivity contribution in [2.75, 3.05) is 5.75 Å². The van der Waals surface area contributed by atoms with Gasteiger partial charge in [0.2, 0.25) is 0 Å². The Bertz CT molecular complexity index is 388. The van der Waals surface area contributed by atoms with Gasteiger partial charge in [0.15, 0.2) is 0 Å². The summed E-state index contributed by atoms with van der Waals surface area (Å²) in [7, 11) is 0. The molecule has 6 heteroatoms. The second-order valence-electron chi connectivity index (χ2n) is 2.72. The van der Waals surface area contributed by atoms with E-state index in [1.54, 1.807) is 0 Å². The van der Waals surface area contributed by atoms with Gasteiger partial charge >= 0.3 is 0 Å². The Balaban J connectivity index is 2.68. The van der Waals surface area contributed by atoms with Crippen molar-refractivity contribution in [2.24, 2.45) is 0 Å². The summed E-state index contributed by atoms with van der Waals surface area (Å²) in [6.45, 7) is 0.221. The number of thiol groups is 1. The van der Waals surface area contributed by atoms with Crippen LogP contribution in [0.5, 0.6) is 5.75 Å². The van der Waals surface area contributed by atoms with Crippen molar-refractivity contribution in [2.45, 2.75) is 13.0 Å². The molecule has 1 rings (SSSR count). The van der Waals surface area contributed by atoms with Gasteiger partial charge in [-0.1, -0.05) is 0 Å². The van der Waals surface area contributed by atoms with Crippen molar-refractivity contribution in [3.63, 3.8) is 0 Å². The monoisotopic (exact) mass is 214 g/mol. The van der Waals surface area contributed by atoms with Crippen LogP contribution in [0.3, 0.4) is 0 Å². The molecule has 0 bridgehead atoms. The van der Waals surface area contributed by atoms with Crippen LogP contribution in [0.1, 0.15) is 6.42 Å². The Morgan fingerprint density at radius 1 is 1.64 bits per heavy atom. The minimum absolute atomic E-state index is 0.0462. The van der Waals surface area contributed by atoms with Crippen molar-refractivity contribution in [1.82, 2.24) is 9.78 Å². The van der Waals surface area contributed by atoms with Crippen LogP contribution >= 0.6 is 12.6 Å². The van der Waals surface area contributed by atoms with Gasteiger partial charge in [-0.3, -0.25) is 9.59 Å². The zero-order valence-electron chi connectivity index (χ0n) is 7.38. The Hall–Kier alpha value is -1.30. The van der Waals surface area contributed by atoms with E-state index in [1.807, 2.05) is 0 Å². The fraction of sp³-hybridized carbons (Fsp3) is 0.375. The number of nitrogens with zero attached hydrogens (tertiary/aromatic N) is 2. The first-order valence-corrected chi connectivity index (χ1v) is 4.65. The number of aryl methyl sites for hydroxylation is 1. The maximum absolute atomic E-state index is 11.2. The van der Waals surface area contributed by atoms with Gasteiger partial charge in [0, 0.05) is 18.2 Å². The quantitative estimate of drug-likeness (QED) is 0.683.